The fourth-order valence-corrected chi connectivity index (χ4v) is 2.56. The Bertz CT molecular complexity index is 415. The summed E-state index contributed by atoms with van der Waals surface area (Å²) < 4.78 is 16.9. The van der Waals surface area contributed by atoms with E-state index in [1.165, 1.54) is 0 Å². The molecule has 2 rings (SSSR count). The van der Waals surface area contributed by atoms with E-state index in [0.29, 0.717) is 19.8 Å². The monoisotopic (exact) mass is 296 g/mol. The summed E-state index contributed by atoms with van der Waals surface area (Å²) in [4.78, 5) is 0. The first-order valence-corrected chi connectivity index (χ1v) is 7.41. The van der Waals surface area contributed by atoms with E-state index >= 15 is 0 Å². The molecule has 0 aromatic heterocycles. The maximum Gasteiger partial charge on any atom is 0.126 e. The molecule has 5 heteroatoms. The second-order valence-electron chi connectivity index (χ2n) is 5.88. The van der Waals surface area contributed by atoms with E-state index in [4.69, 9.17) is 14.2 Å². The summed E-state index contributed by atoms with van der Waals surface area (Å²) in [5.41, 5.74) is 1.08. The average Bonchev–Trinajstić information content (AvgIpc) is 2.48. The SMILES string of the molecule is COc1ccc(COC[C@H](O)C[N+]2(C)CCOCC2)cc1. The summed E-state index contributed by atoms with van der Waals surface area (Å²) >= 11 is 0. The summed E-state index contributed by atoms with van der Waals surface area (Å²) in [6.07, 6.45) is -0.439. The van der Waals surface area contributed by atoms with Gasteiger partial charge >= 0.3 is 0 Å². The number of quaternary nitrogens is 1. The van der Waals surface area contributed by atoms with Crippen molar-refractivity contribution in [2.75, 3.05) is 53.6 Å². The normalized spacial score (nSPS) is 19.2. The minimum absolute atomic E-state index is 0.362. The number of benzene rings is 1. The molecule has 118 valence electrons. The van der Waals surface area contributed by atoms with Gasteiger partial charge in [-0.15, -0.1) is 0 Å². The van der Waals surface area contributed by atoms with Crippen LogP contribution in [-0.4, -0.2) is 69.3 Å². The number of aliphatic hydroxyl groups is 1. The second kappa shape index (κ2) is 7.75. The molecule has 1 heterocycles. The van der Waals surface area contributed by atoms with Gasteiger partial charge in [-0.05, 0) is 17.7 Å². The predicted octanol–water partition coefficient (Wildman–Crippen LogP) is 1.05. The molecule has 1 saturated heterocycles. The molecule has 0 saturated carbocycles. The van der Waals surface area contributed by atoms with Crippen molar-refractivity contribution in [2.45, 2.75) is 12.7 Å². The zero-order valence-corrected chi connectivity index (χ0v) is 13.0. The van der Waals surface area contributed by atoms with E-state index in [1.807, 2.05) is 24.3 Å². The molecule has 0 spiro atoms. The number of rotatable bonds is 7. The third-order valence-corrected chi connectivity index (χ3v) is 3.94. The van der Waals surface area contributed by atoms with Gasteiger partial charge in [-0.3, -0.25) is 0 Å². The van der Waals surface area contributed by atoms with E-state index in [9.17, 15) is 5.11 Å². The van der Waals surface area contributed by atoms with Gasteiger partial charge in [-0.2, -0.15) is 0 Å². The third-order valence-electron chi connectivity index (χ3n) is 3.94. The molecule has 0 radical (unpaired) electrons. The lowest BCUT2D eigenvalue weighted by atomic mass is 10.2. The first-order chi connectivity index (χ1) is 10.1. The van der Waals surface area contributed by atoms with Crippen LogP contribution in [0.3, 0.4) is 0 Å². The molecule has 1 N–H and O–H groups in total. The molecule has 1 fully saturated rings. The molecule has 5 nitrogen and oxygen atoms in total. The Morgan fingerprint density at radius 1 is 1.24 bits per heavy atom. The lowest BCUT2D eigenvalue weighted by Crippen LogP contribution is -2.55. The van der Waals surface area contributed by atoms with Crippen molar-refractivity contribution in [1.29, 1.82) is 0 Å². The van der Waals surface area contributed by atoms with Gasteiger partial charge in [-0.1, -0.05) is 12.1 Å². The van der Waals surface area contributed by atoms with Crippen molar-refractivity contribution < 1.29 is 23.8 Å². The number of nitrogens with zero attached hydrogens (tertiary/aromatic N) is 1. The van der Waals surface area contributed by atoms with Gasteiger partial charge in [0.1, 0.15) is 31.5 Å². The van der Waals surface area contributed by atoms with E-state index in [-0.39, 0.29) is 0 Å². The number of hydrogen-bond donors (Lipinski definition) is 1. The summed E-state index contributed by atoms with van der Waals surface area (Å²) in [5, 5.41) is 10.1. The van der Waals surface area contributed by atoms with Crippen LogP contribution in [0.4, 0.5) is 0 Å². The Morgan fingerprint density at radius 3 is 2.52 bits per heavy atom. The van der Waals surface area contributed by atoms with Gasteiger partial charge in [0.2, 0.25) is 0 Å². The fraction of sp³-hybridized carbons (Fsp3) is 0.625. The molecule has 1 aromatic carbocycles. The highest BCUT2D eigenvalue weighted by molar-refractivity contribution is 5.26. The Kier molecular flexibility index (Phi) is 5.99. The average molecular weight is 296 g/mol. The Balaban J connectivity index is 1.69. The molecule has 0 unspecified atom stereocenters. The molecule has 0 bridgehead atoms. The Morgan fingerprint density at radius 2 is 1.90 bits per heavy atom. The largest absolute Gasteiger partial charge is 0.497 e. The van der Waals surface area contributed by atoms with Crippen LogP contribution < -0.4 is 4.74 Å². The number of methoxy groups -OCH3 is 1. The fourth-order valence-electron chi connectivity index (χ4n) is 2.56. The quantitative estimate of drug-likeness (QED) is 0.764. The lowest BCUT2D eigenvalue weighted by Gasteiger charge is -2.38. The number of likely N-dealkylation sites (N-methyl/N-ethyl adjacent to an activating group) is 1. The highest BCUT2D eigenvalue weighted by Gasteiger charge is 2.28. The number of ether oxygens (including phenoxy) is 3. The summed E-state index contributed by atoms with van der Waals surface area (Å²) in [6.45, 7) is 5.04. The summed E-state index contributed by atoms with van der Waals surface area (Å²) in [6, 6.07) is 7.77. The molecule has 1 aliphatic rings. The van der Waals surface area contributed by atoms with Gasteiger partial charge < -0.3 is 23.8 Å². The molecule has 1 aliphatic heterocycles. The highest BCUT2D eigenvalue weighted by Crippen LogP contribution is 2.13. The molecular formula is C16H26NO4+. The zero-order valence-electron chi connectivity index (χ0n) is 13.0. The van der Waals surface area contributed by atoms with E-state index in [1.54, 1.807) is 7.11 Å². The van der Waals surface area contributed by atoms with Gasteiger partial charge in [0.05, 0.1) is 40.6 Å². The van der Waals surface area contributed by atoms with Crippen LogP contribution in [0.5, 0.6) is 5.75 Å². The lowest BCUT2D eigenvalue weighted by molar-refractivity contribution is -0.919. The second-order valence-corrected chi connectivity index (χ2v) is 5.88. The number of morpholine rings is 1. The standard InChI is InChI=1S/C16H26NO4/c1-17(7-9-20-10-8-17)11-15(18)13-21-12-14-3-5-16(19-2)6-4-14/h3-6,15,18H,7-13H2,1-2H3/q+1/t15-/m1/s1. The zero-order chi connectivity index (χ0) is 15.1. The smallest absolute Gasteiger partial charge is 0.126 e. The van der Waals surface area contributed by atoms with Crippen LogP contribution >= 0.6 is 0 Å². The topological polar surface area (TPSA) is 47.9 Å². The van der Waals surface area contributed by atoms with Crippen LogP contribution in [0, 0.1) is 0 Å². The minimum Gasteiger partial charge on any atom is -0.497 e. The van der Waals surface area contributed by atoms with Crippen molar-refractivity contribution in [3.05, 3.63) is 29.8 Å². The van der Waals surface area contributed by atoms with E-state index in [2.05, 4.69) is 7.05 Å². The van der Waals surface area contributed by atoms with Crippen molar-refractivity contribution in [3.63, 3.8) is 0 Å². The highest BCUT2D eigenvalue weighted by atomic mass is 16.5. The maximum absolute atomic E-state index is 10.1. The molecule has 21 heavy (non-hydrogen) atoms. The predicted molar refractivity (Wildman–Crippen MR) is 80.3 cm³/mol. The van der Waals surface area contributed by atoms with Crippen LogP contribution in [0.1, 0.15) is 5.56 Å². The summed E-state index contributed by atoms with van der Waals surface area (Å²) in [7, 11) is 3.81. The molecule has 1 aromatic rings. The van der Waals surface area contributed by atoms with E-state index < -0.39 is 6.10 Å². The molecule has 0 aliphatic carbocycles. The van der Waals surface area contributed by atoms with Crippen molar-refractivity contribution in [1.82, 2.24) is 0 Å². The van der Waals surface area contributed by atoms with Crippen LogP contribution in [0.25, 0.3) is 0 Å². The van der Waals surface area contributed by atoms with E-state index in [0.717, 1.165) is 42.1 Å². The number of aliphatic hydroxyl groups excluding tert-OH is 1. The van der Waals surface area contributed by atoms with Gasteiger partial charge in [0, 0.05) is 0 Å². The van der Waals surface area contributed by atoms with Crippen LogP contribution in [0.15, 0.2) is 24.3 Å². The van der Waals surface area contributed by atoms with Gasteiger partial charge in [-0.25, -0.2) is 0 Å². The van der Waals surface area contributed by atoms with Crippen molar-refractivity contribution in [3.8, 4) is 5.75 Å². The maximum atomic E-state index is 10.1. The Hall–Kier alpha value is -1.14. The van der Waals surface area contributed by atoms with Gasteiger partial charge in [0.25, 0.3) is 0 Å². The summed E-state index contributed by atoms with van der Waals surface area (Å²) in [5.74, 6) is 0.837. The van der Waals surface area contributed by atoms with Crippen LogP contribution in [-0.2, 0) is 16.1 Å². The third kappa shape index (κ3) is 5.28. The van der Waals surface area contributed by atoms with Crippen molar-refractivity contribution in [2.24, 2.45) is 0 Å². The Labute approximate surface area is 126 Å². The number of hydrogen-bond acceptors (Lipinski definition) is 4. The first-order valence-electron chi connectivity index (χ1n) is 7.41. The van der Waals surface area contributed by atoms with Gasteiger partial charge in [0.15, 0.2) is 0 Å². The first kappa shape index (κ1) is 16.2. The minimum atomic E-state index is -0.439. The van der Waals surface area contributed by atoms with Crippen molar-refractivity contribution >= 4 is 0 Å². The molecular weight excluding hydrogens is 270 g/mol. The van der Waals surface area contributed by atoms with Crippen LogP contribution in [0.2, 0.25) is 0 Å². The molecule has 1 atom stereocenters. The molecule has 0 amide bonds.